The zero-order valence-electron chi connectivity index (χ0n) is 17.7. The first-order valence-electron chi connectivity index (χ1n) is 11.1. The number of carbonyl (C=O) groups excluding carboxylic acids is 1. The molecule has 156 valence electrons. The molecule has 1 N–H and O–H groups in total. The average Bonchev–Trinajstić information content (AvgIpc) is 3.31. The molecular weight excluding hydrogens is 372 g/mol. The van der Waals surface area contributed by atoms with Gasteiger partial charge < -0.3 is 14.8 Å². The lowest BCUT2D eigenvalue weighted by Crippen LogP contribution is -2.39. The van der Waals surface area contributed by atoms with Crippen molar-refractivity contribution in [1.82, 2.24) is 19.7 Å². The molecule has 0 unspecified atom stereocenters. The van der Waals surface area contributed by atoms with Crippen LogP contribution in [0.15, 0.2) is 48.5 Å². The molecule has 0 bridgehead atoms. The number of urea groups is 1. The maximum absolute atomic E-state index is 11.8. The van der Waals surface area contributed by atoms with Crippen LogP contribution in [0.1, 0.15) is 22.4 Å². The van der Waals surface area contributed by atoms with Crippen LogP contribution in [0.25, 0.3) is 10.9 Å². The molecule has 2 aromatic carbocycles. The Morgan fingerprint density at radius 3 is 2.67 bits per heavy atom. The lowest BCUT2D eigenvalue weighted by molar-refractivity contribution is 0.195. The quantitative estimate of drug-likeness (QED) is 0.685. The van der Waals surface area contributed by atoms with E-state index in [0.29, 0.717) is 0 Å². The molecule has 0 saturated carbocycles. The number of hydrogen-bond acceptors (Lipinski definition) is 2. The predicted molar refractivity (Wildman–Crippen MR) is 121 cm³/mol. The zero-order chi connectivity index (χ0) is 20.5. The van der Waals surface area contributed by atoms with Crippen LogP contribution in [0.2, 0.25) is 0 Å². The van der Waals surface area contributed by atoms with Gasteiger partial charge in [0.05, 0.1) is 0 Å². The van der Waals surface area contributed by atoms with E-state index >= 15 is 0 Å². The van der Waals surface area contributed by atoms with Gasteiger partial charge in [-0.1, -0.05) is 42.0 Å². The Bertz CT molecular complexity index is 1060. The molecule has 0 radical (unpaired) electrons. The summed E-state index contributed by atoms with van der Waals surface area (Å²) in [4.78, 5) is 16.3. The first kappa shape index (κ1) is 19.2. The Morgan fingerprint density at radius 1 is 1.00 bits per heavy atom. The SMILES string of the molecule is Cc1ccc2c(c1)c1c(n2CCc2ccccc2)CCN(CCN2CCNC2=O)C1. The molecule has 2 aliphatic heterocycles. The zero-order valence-corrected chi connectivity index (χ0v) is 17.7. The van der Waals surface area contributed by atoms with Crippen LogP contribution in [0, 0.1) is 6.92 Å². The van der Waals surface area contributed by atoms with Crippen molar-refractivity contribution in [3.8, 4) is 0 Å². The standard InChI is InChI=1S/C25H30N4O/c1-19-7-8-23-21(17-19)22-18-27(15-16-28-14-11-26-25(28)30)12-10-24(22)29(23)13-9-20-5-3-2-4-6-20/h2-8,17H,9-16,18H2,1H3,(H,26,30). The third-order valence-corrected chi connectivity index (χ3v) is 6.59. The number of aromatic nitrogens is 1. The summed E-state index contributed by atoms with van der Waals surface area (Å²) in [6, 6.07) is 17.7. The minimum absolute atomic E-state index is 0.0841. The first-order chi connectivity index (χ1) is 14.7. The smallest absolute Gasteiger partial charge is 0.317 e. The fourth-order valence-corrected chi connectivity index (χ4v) is 4.94. The maximum Gasteiger partial charge on any atom is 0.317 e. The van der Waals surface area contributed by atoms with E-state index < -0.39 is 0 Å². The van der Waals surface area contributed by atoms with Gasteiger partial charge in [0, 0.05) is 68.8 Å². The van der Waals surface area contributed by atoms with E-state index in [2.05, 4.69) is 70.2 Å². The first-order valence-corrected chi connectivity index (χ1v) is 11.1. The van der Waals surface area contributed by atoms with Gasteiger partial charge in [0.25, 0.3) is 0 Å². The molecule has 0 aliphatic carbocycles. The van der Waals surface area contributed by atoms with Gasteiger partial charge in [0.1, 0.15) is 0 Å². The number of nitrogens with one attached hydrogen (secondary N) is 1. The van der Waals surface area contributed by atoms with Crippen molar-refractivity contribution in [3.63, 3.8) is 0 Å². The van der Waals surface area contributed by atoms with Crippen molar-refractivity contribution < 1.29 is 4.79 Å². The summed E-state index contributed by atoms with van der Waals surface area (Å²) in [7, 11) is 0. The second kappa shape index (κ2) is 8.15. The molecule has 3 heterocycles. The predicted octanol–water partition coefficient (Wildman–Crippen LogP) is 3.58. The highest BCUT2D eigenvalue weighted by Gasteiger charge is 2.25. The Morgan fingerprint density at radius 2 is 1.87 bits per heavy atom. The fraction of sp³-hybridized carbons (Fsp3) is 0.400. The lowest BCUT2D eigenvalue weighted by atomic mass is 10.0. The topological polar surface area (TPSA) is 40.5 Å². The van der Waals surface area contributed by atoms with Crippen LogP contribution in [-0.4, -0.2) is 53.1 Å². The number of fused-ring (bicyclic) bond motifs is 3. The Kier molecular flexibility index (Phi) is 5.21. The second-order valence-corrected chi connectivity index (χ2v) is 8.58. The largest absolute Gasteiger partial charge is 0.344 e. The van der Waals surface area contributed by atoms with Crippen molar-refractivity contribution in [3.05, 3.63) is 70.9 Å². The van der Waals surface area contributed by atoms with E-state index in [4.69, 9.17) is 0 Å². The molecule has 30 heavy (non-hydrogen) atoms. The normalized spacial score (nSPS) is 16.8. The van der Waals surface area contributed by atoms with Gasteiger partial charge in [-0.05, 0) is 36.6 Å². The number of rotatable bonds is 6. The van der Waals surface area contributed by atoms with Crippen molar-refractivity contribution in [2.75, 3.05) is 32.7 Å². The molecule has 5 heteroatoms. The average molecular weight is 403 g/mol. The number of nitrogens with zero attached hydrogens (tertiary/aromatic N) is 3. The van der Waals surface area contributed by atoms with Gasteiger partial charge in [-0.15, -0.1) is 0 Å². The van der Waals surface area contributed by atoms with Gasteiger partial charge in [-0.2, -0.15) is 0 Å². The highest BCUT2D eigenvalue weighted by molar-refractivity contribution is 5.86. The van der Waals surface area contributed by atoms with E-state index in [1.165, 1.54) is 33.3 Å². The minimum atomic E-state index is 0.0841. The van der Waals surface area contributed by atoms with E-state index in [9.17, 15) is 4.79 Å². The minimum Gasteiger partial charge on any atom is -0.344 e. The molecule has 1 aromatic heterocycles. The molecule has 0 atom stereocenters. The van der Waals surface area contributed by atoms with Gasteiger partial charge in [-0.3, -0.25) is 4.90 Å². The van der Waals surface area contributed by atoms with Crippen LogP contribution in [0.3, 0.4) is 0 Å². The fourth-order valence-electron chi connectivity index (χ4n) is 4.94. The molecule has 1 fully saturated rings. The Balaban J connectivity index is 1.38. The van der Waals surface area contributed by atoms with E-state index in [-0.39, 0.29) is 6.03 Å². The van der Waals surface area contributed by atoms with Crippen molar-refractivity contribution in [2.24, 2.45) is 0 Å². The highest BCUT2D eigenvalue weighted by Crippen LogP contribution is 2.32. The molecule has 5 rings (SSSR count). The maximum atomic E-state index is 11.8. The molecule has 5 nitrogen and oxygen atoms in total. The highest BCUT2D eigenvalue weighted by atomic mass is 16.2. The van der Waals surface area contributed by atoms with Gasteiger partial charge in [-0.25, -0.2) is 4.79 Å². The van der Waals surface area contributed by atoms with Crippen molar-refractivity contribution >= 4 is 16.9 Å². The van der Waals surface area contributed by atoms with Crippen LogP contribution in [-0.2, 0) is 25.9 Å². The summed E-state index contributed by atoms with van der Waals surface area (Å²) in [5, 5.41) is 4.30. The Labute approximate surface area is 178 Å². The summed E-state index contributed by atoms with van der Waals surface area (Å²) in [6.07, 6.45) is 2.13. The molecule has 1 saturated heterocycles. The lowest BCUT2D eigenvalue weighted by Gasteiger charge is -2.29. The van der Waals surface area contributed by atoms with Gasteiger partial charge in [0.2, 0.25) is 0 Å². The molecule has 2 amide bonds. The van der Waals surface area contributed by atoms with E-state index in [0.717, 1.165) is 58.7 Å². The summed E-state index contributed by atoms with van der Waals surface area (Å²) in [5.74, 6) is 0. The summed E-state index contributed by atoms with van der Waals surface area (Å²) >= 11 is 0. The summed E-state index contributed by atoms with van der Waals surface area (Å²) in [5.41, 5.74) is 7.06. The van der Waals surface area contributed by atoms with Gasteiger partial charge in [0.15, 0.2) is 0 Å². The van der Waals surface area contributed by atoms with Crippen LogP contribution in [0.4, 0.5) is 4.79 Å². The number of amides is 2. The van der Waals surface area contributed by atoms with Crippen LogP contribution < -0.4 is 5.32 Å². The van der Waals surface area contributed by atoms with Crippen molar-refractivity contribution in [2.45, 2.75) is 32.9 Å². The number of carbonyl (C=O) groups is 1. The van der Waals surface area contributed by atoms with Crippen molar-refractivity contribution in [1.29, 1.82) is 0 Å². The van der Waals surface area contributed by atoms with Gasteiger partial charge >= 0.3 is 6.03 Å². The number of hydrogen-bond donors (Lipinski definition) is 1. The van der Waals surface area contributed by atoms with E-state index in [1.807, 2.05) is 4.90 Å². The molecule has 0 spiro atoms. The Hall–Kier alpha value is -2.79. The third kappa shape index (κ3) is 3.70. The van der Waals surface area contributed by atoms with Crippen LogP contribution >= 0.6 is 0 Å². The molecule has 2 aliphatic rings. The monoisotopic (exact) mass is 402 g/mol. The molecular formula is C25H30N4O. The number of aryl methyl sites for hydroxylation is 3. The summed E-state index contributed by atoms with van der Waals surface area (Å²) in [6.45, 7) is 8.59. The molecule has 3 aromatic rings. The number of benzene rings is 2. The third-order valence-electron chi connectivity index (χ3n) is 6.59. The van der Waals surface area contributed by atoms with Crippen LogP contribution in [0.5, 0.6) is 0 Å². The second-order valence-electron chi connectivity index (χ2n) is 8.58. The van der Waals surface area contributed by atoms with E-state index in [1.54, 1.807) is 0 Å². The summed E-state index contributed by atoms with van der Waals surface area (Å²) < 4.78 is 2.56.